The molecule has 4 heteroatoms. The standard InChI is InChI=1S/C14H20N2O2/c1-16-14(13(15)17,10-18-12-8-5-9-12)11-6-3-2-4-7-11/h2-4,6-7,12,16H,5,8-10H2,1H3,(H2,15,17). The first-order valence-electron chi connectivity index (χ1n) is 6.35. The van der Waals surface area contributed by atoms with Crippen molar-refractivity contribution >= 4 is 5.91 Å². The Bertz CT molecular complexity index is 404. The Balaban J connectivity index is 2.18. The molecule has 2 rings (SSSR count). The Morgan fingerprint density at radius 3 is 2.56 bits per heavy atom. The summed E-state index contributed by atoms with van der Waals surface area (Å²) in [6.45, 7) is 0.285. The summed E-state index contributed by atoms with van der Waals surface area (Å²) >= 11 is 0. The van der Waals surface area contributed by atoms with Crippen LogP contribution >= 0.6 is 0 Å². The number of carbonyl (C=O) groups excluding carboxylic acids is 1. The number of likely N-dealkylation sites (N-methyl/N-ethyl adjacent to an activating group) is 1. The number of rotatable bonds is 6. The summed E-state index contributed by atoms with van der Waals surface area (Å²) in [6, 6.07) is 9.50. The largest absolute Gasteiger partial charge is 0.375 e. The van der Waals surface area contributed by atoms with Crippen LogP contribution in [0.1, 0.15) is 24.8 Å². The highest BCUT2D eigenvalue weighted by atomic mass is 16.5. The SMILES string of the molecule is CNC(COC1CCC1)(C(N)=O)c1ccccc1. The van der Waals surface area contributed by atoms with E-state index in [9.17, 15) is 4.79 Å². The molecule has 98 valence electrons. The minimum Gasteiger partial charge on any atom is -0.375 e. The highest BCUT2D eigenvalue weighted by Gasteiger charge is 2.38. The van der Waals surface area contributed by atoms with E-state index in [4.69, 9.17) is 10.5 Å². The maximum absolute atomic E-state index is 11.9. The van der Waals surface area contributed by atoms with Crippen LogP contribution in [0.2, 0.25) is 0 Å². The number of primary amides is 1. The van der Waals surface area contributed by atoms with Crippen molar-refractivity contribution in [2.24, 2.45) is 5.73 Å². The lowest BCUT2D eigenvalue weighted by Crippen LogP contribution is -2.55. The van der Waals surface area contributed by atoms with Crippen molar-refractivity contribution in [1.29, 1.82) is 0 Å². The second-order valence-electron chi connectivity index (χ2n) is 4.75. The maximum Gasteiger partial charge on any atom is 0.244 e. The van der Waals surface area contributed by atoms with Gasteiger partial charge in [-0.3, -0.25) is 4.79 Å². The molecule has 0 aliphatic heterocycles. The van der Waals surface area contributed by atoms with E-state index >= 15 is 0 Å². The number of amides is 1. The van der Waals surface area contributed by atoms with Gasteiger partial charge in [-0.2, -0.15) is 0 Å². The van der Waals surface area contributed by atoms with E-state index in [1.807, 2.05) is 30.3 Å². The van der Waals surface area contributed by atoms with Crippen molar-refractivity contribution in [3.63, 3.8) is 0 Å². The average molecular weight is 248 g/mol. The van der Waals surface area contributed by atoms with Crippen LogP contribution in [-0.2, 0) is 15.1 Å². The first-order valence-corrected chi connectivity index (χ1v) is 6.35. The molecule has 0 bridgehead atoms. The molecule has 18 heavy (non-hydrogen) atoms. The zero-order valence-electron chi connectivity index (χ0n) is 10.7. The van der Waals surface area contributed by atoms with Gasteiger partial charge in [0.2, 0.25) is 5.91 Å². The summed E-state index contributed by atoms with van der Waals surface area (Å²) in [4.78, 5) is 11.9. The fourth-order valence-electron chi connectivity index (χ4n) is 2.14. The predicted molar refractivity (Wildman–Crippen MR) is 70.0 cm³/mol. The van der Waals surface area contributed by atoms with E-state index in [0.717, 1.165) is 18.4 Å². The van der Waals surface area contributed by atoms with Crippen molar-refractivity contribution in [1.82, 2.24) is 5.32 Å². The first kappa shape index (κ1) is 13.1. The van der Waals surface area contributed by atoms with Crippen LogP contribution in [0.15, 0.2) is 30.3 Å². The van der Waals surface area contributed by atoms with E-state index in [1.165, 1.54) is 6.42 Å². The molecule has 0 radical (unpaired) electrons. The Kier molecular flexibility index (Phi) is 3.99. The van der Waals surface area contributed by atoms with Crippen molar-refractivity contribution in [3.05, 3.63) is 35.9 Å². The number of carbonyl (C=O) groups is 1. The van der Waals surface area contributed by atoms with E-state index in [2.05, 4.69) is 5.32 Å². The molecule has 0 saturated heterocycles. The molecule has 1 atom stereocenters. The molecule has 1 aromatic carbocycles. The third kappa shape index (κ3) is 2.40. The molecule has 0 aromatic heterocycles. The summed E-state index contributed by atoms with van der Waals surface area (Å²) in [7, 11) is 1.74. The molecule has 1 aliphatic rings. The molecular formula is C14H20N2O2. The minimum absolute atomic E-state index is 0.279. The van der Waals surface area contributed by atoms with E-state index in [0.29, 0.717) is 0 Å². The van der Waals surface area contributed by atoms with E-state index in [-0.39, 0.29) is 12.7 Å². The van der Waals surface area contributed by atoms with E-state index < -0.39 is 11.4 Å². The number of benzene rings is 1. The molecule has 1 aliphatic carbocycles. The molecule has 0 heterocycles. The highest BCUT2D eigenvalue weighted by Crippen LogP contribution is 2.26. The number of ether oxygens (including phenoxy) is 1. The fourth-order valence-corrected chi connectivity index (χ4v) is 2.14. The Morgan fingerprint density at radius 1 is 1.44 bits per heavy atom. The molecule has 3 N–H and O–H groups in total. The number of hydrogen-bond acceptors (Lipinski definition) is 3. The van der Waals surface area contributed by atoms with Gasteiger partial charge < -0.3 is 15.8 Å². The van der Waals surface area contributed by atoms with Gasteiger partial charge >= 0.3 is 0 Å². The lowest BCUT2D eigenvalue weighted by molar-refractivity contribution is -0.129. The Labute approximate surface area is 108 Å². The average Bonchev–Trinajstić information content (AvgIpc) is 2.33. The van der Waals surface area contributed by atoms with Gasteiger partial charge in [-0.05, 0) is 31.9 Å². The predicted octanol–water partition coefficient (Wildman–Crippen LogP) is 1.16. The molecular weight excluding hydrogens is 228 g/mol. The number of nitrogens with one attached hydrogen (secondary N) is 1. The molecule has 1 fully saturated rings. The van der Waals surface area contributed by atoms with Crippen molar-refractivity contribution in [3.8, 4) is 0 Å². The summed E-state index contributed by atoms with van der Waals surface area (Å²) < 4.78 is 5.79. The third-order valence-electron chi connectivity index (χ3n) is 3.70. The number of nitrogens with two attached hydrogens (primary N) is 1. The second-order valence-corrected chi connectivity index (χ2v) is 4.75. The zero-order chi connectivity index (χ0) is 13.0. The van der Waals surface area contributed by atoms with Gasteiger partial charge in [-0.25, -0.2) is 0 Å². The molecule has 1 saturated carbocycles. The van der Waals surface area contributed by atoms with Crippen LogP contribution < -0.4 is 11.1 Å². The van der Waals surface area contributed by atoms with Gasteiger partial charge in [0.1, 0.15) is 5.54 Å². The normalized spacial score (nSPS) is 18.9. The second kappa shape index (κ2) is 5.50. The smallest absolute Gasteiger partial charge is 0.244 e. The van der Waals surface area contributed by atoms with Crippen molar-refractivity contribution < 1.29 is 9.53 Å². The number of hydrogen-bond donors (Lipinski definition) is 2. The summed E-state index contributed by atoms with van der Waals surface area (Å²) in [6.07, 6.45) is 3.64. The van der Waals surface area contributed by atoms with Gasteiger partial charge in [0.15, 0.2) is 0 Å². The van der Waals surface area contributed by atoms with Crippen LogP contribution in [0.3, 0.4) is 0 Å². The Morgan fingerprint density at radius 2 is 2.11 bits per heavy atom. The quantitative estimate of drug-likeness (QED) is 0.794. The van der Waals surface area contributed by atoms with Crippen LogP contribution in [0.4, 0.5) is 0 Å². The Hall–Kier alpha value is -1.39. The van der Waals surface area contributed by atoms with Crippen molar-refractivity contribution in [2.75, 3.05) is 13.7 Å². The van der Waals surface area contributed by atoms with Gasteiger partial charge in [0, 0.05) is 0 Å². The first-order chi connectivity index (χ1) is 8.69. The monoisotopic (exact) mass is 248 g/mol. The molecule has 0 spiro atoms. The molecule has 1 aromatic rings. The molecule has 1 amide bonds. The minimum atomic E-state index is -0.934. The van der Waals surface area contributed by atoms with Crippen LogP contribution in [0.5, 0.6) is 0 Å². The van der Waals surface area contributed by atoms with Gasteiger partial charge in [0.05, 0.1) is 12.7 Å². The lowest BCUT2D eigenvalue weighted by atomic mass is 9.89. The maximum atomic E-state index is 11.9. The van der Waals surface area contributed by atoms with Crippen LogP contribution in [-0.4, -0.2) is 25.7 Å². The van der Waals surface area contributed by atoms with Gasteiger partial charge in [-0.15, -0.1) is 0 Å². The lowest BCUT2D eigenvalue weighted by Gasteiger charge is -2.34. The summed E-state index contributed by atoms with van der Waals surface area (Å²) in [5.74, 6) is -0.407. The molecule has 1 unspecified atom stereocenters. The molecule has 4 nitrogen and oxygen atoms in total. The third-order valence-corrected chi connectivity index (χ3v) is 3.70. The fraction of sp³-hybridized carbons (Fsp3) is 0.500. The van der Waals surface area contributed by atoms with E-state index in [1.54, 1.807) is 7.05 Å². The zero-order valence-corrected chi connectivity index (χ0v) is 10.7. The summed E-state index contributed by atoms with van der Waals surface area (Å²) in [5, 5.41) is 3.04. The topological polar surface area (TPSA) is 64.3 Å². The summed E-state index contributed by atoms with van der Waals surface area (Å²) in [5.41, 5.74) is 5.49. The van der Waals surface area contributed by atoms with Crippen LogP contribution in [0.25, 0.3) is 0 Å². The van der Waals surface area contributed by atoms with Crippen molar-refractivity contribution in [2.45, 2.75) is 30.9 Å². The highest BCUT2D eigenvalue weighted by molar-refractivity contribution is 5.86. The van der Waals surface area contributed by atoms with Gasteiger partial charge in [0.25, 0.3) is 0 Å². The van der Waals surface area contributed by atoms with Gasteiger partial charge in [-0.1, -0.05) is 30.3 Å². The van der Waals surface area contributed by atoms with Crippen LogP contribution in [0, 0.1) is 0 Å².